The molecule has 3 heterocycles. The standard InChI is InChI=1S/C25H38N6O8S/c1-17-13-20(38-4)14-18(2)22(17)40(36,37)31(25(33,34)35)16-21-26-27-23(39-21)24(32)30-11-9-29(10-12-30)15-19-5-7-28(3)8-6-19/h13-14,19,33-35H,5-12,15-16H2,1-4H3. The summed E-state index contributed by atoms with van der Waals surface area (Å²) in [5.41, 5.74) is 0.505. The molecule has 2 fully saturated rings. The number of amides is 1. The molecular weight excluding hydrogens is 544 g/mol. The number of likely N-dealkylation sites (tertiary alicyclic amines) is 1. The smallest absolute Gasteiger partial charge is 0.359 e. The van der Waals surface area contributed by atoms with Crippen LogP contribution in [0.25, 0.3) is 0 Å². The van der Waals surface area contributed by atoms with Gasteiger partial charge in [-0.2, -0.15) is 0 Å². The van der Waals surface area contributed by atoms with Crippen LogP contribution in [0.3, 0.4) is 0 Å². The summed E-state index contributed by atoms with van der Waals surface area (Å²) in [5, 5.41) is 37.3. The van der Waals surface area contributed by atoms with Crippen LogP contribution in [0.1, 0.15) is 40.5 Å². The average Bonchev–Trinajstić information content (AvgIpc) is 3.36. The van der Waals surface area contributed by atoms with E-state index in [1.807, 2.05) is 0 Å². The van der Waals surface area contributed by atoms with E-state index in [-0.39, 0.29) is 26.2 Å². The summed E-state index contributed by atoms with van der Waals surface area (Å²) >= 11 is 0. The summed E-state index contributed by atoms with van der Waals surface area (Å²) in [7, 11) is -1.13. The fourth-order valence-corrected chi connectivity index (χ4v) is 7.06. The van der Waals surface area contributed by atoms with Gasteiger partial charge in [-0.05, 0) is 76.0 Å². The predicted molar refractivity (Wildman–Crippen MR) is 141 cm³/mol. The number of sulfonamides is 1. The van der Waals surface area contributed by atoms with Crippen LogP contribution in [0.5, 0.6) is 5.75 Å². The first-order chi connectivity index (χ1) is 18.8. The maximum atomic E-state index is 13.4. The average molecular weight is 583 g/mol. The Hall–Kier alpha value is -2.66. The number of piperazine rings is 1. The van der Waals surface area contributed by atoms with Gasteiger partial charge in [0.2, 0.25) is 15.9 Å². The highest BCUT2D eigenvalue weighted by Crippen LogP contribution is 2.31. The number of aliphatic hydroxyl groups is 3. The normalized spacial score (nSPS) is 18.4. The van der Waals surface area contributed by atoms with E-state index in [0.717, 1.165) is 19.6 Å². The molecule has 2 saturated heterocycles. The van der Waals surface area contributed by atoms with Gasteiger partial charge in [0.25, 0.3) is 0 Å². The Morgan fingerprint density at radius 1 is 1.07 bits per heavy atom. The van der Waals surface area contributed by atoms with Gasteiger partial charge < -0.3 is 34.3 Å². The van der Waals surface area contributed by atoms with E-state index < -0.39 is 34.5 Å². The molecule has 1 aromatic carbocycles. The number of carbonyl (C=O) groups excluding carboxylic acids is 1. The van der Waals surface area contributed by atoms with Crippen LogP contribution in [0.15, 0.2) is 21.4 Å². The lowest BCUT2D eigenvalue weighted by Crippen LogP contribution is -2.51. The number of aromatic nitrogens is 2. The molecule has 15 heteroatoms. The van der Waals surface area contributed by atoms with E-state index in [9.17, 15) is 28.5 Å². The molecule has 0 radical (unpaired) electrons. The van der Waals surface area contributed by atoms with Gasteiger partial charge in [-0.25, -0.2) is 8.42 Å². The zero-order valence-electron chi connectivity index (χ0n) is 23.3. The minimum Gasteiger partial charge on any atom is -0.497 e. The largest absolute Gasteiger partial charge is 0.497 e. The minimum atomic E-state index is -4.70. The van der Waals surface area contributed by atoms with Gasteiger partial charge in [-0.3, -0.25) is 9.69 Å². The Kier molecular flexibility index (Phi) is 9.14. The lowest BCUT2D eigenvalue weighted by atomic mass is 9.96. The van der Waals surface area contributed by atoms with Crippen molar-refractivity contribution >= 4 is 15.9 Å². The number of hydrogen-bond acceptors (Lipinski definition) is 12. The second-order valence-corrected chi connectivity index (χ2v) is 12.3. The highest BCUT2D eigenvalue weighted by Gasteiger charge is 2.43. The maximum Gasteiger partial charge on any atom is 0.359 e. The number of hydrogen-bond donors (Lipinski definition) is 3. The molecule has 2 aromatic rings. The summed E-state index contributed by atoms with van der Waals surface area (Å²) in [4.78, 5) is 19.0. The quantitative estimate of drug-likeness (QED) is 0.326. The summed E-state index contributed by atoms with van der Waals surface area (Å²) < 4.78 is 37.5. The van der Waals surface area contributed by atoms with Crippen LogP contribution in [-0.2, 0) is 16.6 Å². The molecule has 0 saturated carbocycles. The molecule has 1 amide bonds. The second kappa shape index (κ2) is 12.1. The van der Waals surface area contributed by atoms with Gasteiger partial charge in [0.15, 0.2) is 0 Å². The summed E-state index contributed by atoms with van der Waals surface area (Å²) in [6, 6.07) is 2.92. The number of piperidine rings is 1. The molecule has 222 valence electrons. The number of rotatable bonds is 9. The van der Waals surface area contributed by atoms with Gasteiger partial charge in [0.05, 0.1) is 12.0 Å². The molecule has 0 unspecified atom stereocenters. The van der Waals surface area contributed by atoms with Gasteiger partial charge in [0, 0.05) is 32.7 Å². The third kappa shape index (κ3) is 6.79. The highest BCUT2D eigenvalue weighted by molar-refractivity contribution is 7.89. The van der Waals surface area contributed by atoms with Crippen LogP contribution < -0.4 is 4.74 Å². The summed E-state index contributed by atoms with van der Waals surface area (Å²) in [6.07, 6.45) is -1.45. The first-order valence-electron chi connectivity index (χ1n) is 13.2. The Balaban J connectivity index is 1.43. The molecule has 0 bridgehead atoms. The van der Waals surface area contributed by atoms with Gasteiger partial charge in [-0.15, -0.1) is 14.5 Å². The lowest BCUT2D eigenvalue weighted by Gasteiger charge is -2.37. The molecule has 0 spiro atoms. The van der Waals surface area contributed by atoms with E-state index >= 15 is 0 Å². The Morgan fingerprint density at radius 3 is 2.23 bits per heavy atom. The molecule has 1 aromatic heterocycles. The second-order valence-electron chi connectivity index (χ2n) is 10.5. The van der Waals surface area contributed by atoms with Crippen molar-refractivity contribution < 1.29 is 37.7 Å². The van der Waals surface area contributed by atoms with E-state index in [1.54, 1.807) is 4.90 Å². The molecule has 40 heavy (non-hydrogen) atoms. The van der Waals surface area contributed by atoms with Crippen molar-refractivity contribution in [1.82, 2.24) is 29.2 Å². The lowest BCUT2D eigenvalue weighted by molar-refractivity contribution is -0.372. The Morgan fingerprint density at radius 2 is 1.68 bits per heavy atom. The maximum absolute atomic E-state index is 13.4. The first kappa shape index (κ1) is 30.3. The van der Waals surface area contributed by atoms with Crippen molar-refractivity contribution in [3.8, 4) is 5.75 Å². The van der Waals surface area contributed by atoms with Crippen molar-refractivity contribution in [2.24, 2.45) is 5.92 Å². The molecule has 4 rings (SSSR count). The van der Waals surface area contributed by atoms with Crippen molar-refractivity contribution in [1.29, 1.82) is 0 Å². The Bertz CT molecular complexity index is 1270. The zero-order chi connectivity index (χ0) is 29.2. The van der Waals surface area contributed by atoms with Gasteiger partial charge in [-0.1, -0.05) is 0 Å². The first-order valence-corrected chi connectivity index (χ1v) is 14.6. The Labute approximate surface area is 233 Å². The molecule has 14 nitrogen and oxygen atoms in total. The number of carbonyl (C=O) groups is 1. The topological polar surface area (TPSA) is 173 Å². The number of methoxy groups -OCH3 is 1. The third-order valence-electron chi connectivity index (χ3n) is 7.49. The van der Waals surface area contributed by atoms with E-state index in [0.29, 0.717) is 37.8 Å². The number of nitrogens with zero attached hydrogens (tertiary/aromatic N) is 6. The van der Waals surface area contributed by atoms with Crippen LogP contribution in [-0.4, -0.2) is 125 Å². The monoisotopic (exact) mass is 582 g/mol. The van der Waals surface area contributed by atoms with Crippen LogP contribution >= 0.6 is 0 Å². The number of benzene rings is 1. The zero-order valence-corrected chi connectivity index (χ0v) is 24.1. The molecule has 0 atom stereocenters. The van der Waals surface area contributed by atoms with E-state index in [1.165, 1.54) is 45.9 Å². The predicted octanol–water partition coefficient (Wildman–Crippen LogP) is -0.426. The van der Waals surface area contributed by atoms with Crippen molar-refractivity contribution in [2.75, 3.05) is 60.0 Å². The molecule has 2 aliphatic rings. The van der Waals surface area contributed by atoms with Crippen LogP contribution in [0, 0.1) is 19.8 Å². The number of aryl methyl sites for hydroxylation is 2. The number of ether oxygens (including phenoxy) is 1. The van der Waals surface area contributed by atoms with Crippen molar-refractivity contribution in [3.05, 3.63) is 35.0 Å². The minimum absolute atomic E-state index is 0.00533. The molecule has 0 aliphatic carbocycles. The van der Waals surface area contributed by atoms with Crippen molar-refractivity contribution in [2.45, 2.75) is 44.2 Å². The molecular formula is C25H38N6O8S. The summed E-state index contributed by atoms with van der Waals surface area (Å²) in [5.74, 6) is -0.201. The SMILES string of the molecule is COc1cc(C)c(S(=O)(=O)N(Cc2nnc(C(=O)N3CCN(CC4CCN(C)CC4)CC3)o2)C(O)(O)O)c(C)c1. The van der Waals surface area contributed by atoms with Gasteiger partial charge >= 0.3 is 17.9 Å². The molecule has 2 aliphatic heterocycles. The third-order valence-corrected chi connectivity index (χ3v) is 9.61. The molecule has 3 N–H and O–H groups in total. The van der Waals surface area contributed by atoms with Gasteiger partial charge in [0.1, 0.15) is 12.3 Å². The fourth-order valence-electron chi connectivity index (χ4n) is 5.30. The highest BCUT2D eigenvalue weighted by atomic mass is 32.2. The van der Waals surface area contributed by atoms with Crippen LogP contribution in [0.4, 0.5) is 0 Å². The fraction of sp³-hybridized carbons (Fsp3) is 0.640. The summed E-state index contributed by atoms with van der Waals surface area (Å²) in [6.45, 7) is 7.71. The van der Waals surface area contributed by atoms with E-state index in [4.69, 9.17) is 9.15 Å². The van der Waals surface area contributed by atoms with Crippen LogP contribution in [0.2, 0.25) is 0 Å². The van der Waals surface area contributed by atoms with Crippen molar-refractivity contribution in [3.63, 3.8) is 0 Å². The van der Waals surface area contributed by atoms with E-state index in [2.05, 4.69) is 27.0 Å².